The van der Waals surface area contributed by atoms with Gasteiger partial charge in [-0.05, 0) is 79.1 Å². The third-order valence-electron chi connectivity index (χ3n) is 8.14. The van der Waals surface area contributed by atoms with Crippen molar-refractivity contribution in [3.05, 3.63) is 76.8 Å². The van der Waals surface area contributed by atoms with Crippen molar-refractivity contribution in [1.29, 1.82) is 0 Å². The lowest BCUT2D eigenvalue weighted by Crippen LogP contribution is -2.23. The minimum Gasteiger partial charge on any atom is -0.383 e. The first-order valence-corrected chi connectivity index (χ1v) is 13.7. The second-order valence-corrected chi connectivity index (χ2v) is 11.0. The summed E-state index contributed by atoms with van der Waals surface area (Å²) >= 11 is 0. The summed E-state index contributed by atoms with van der Waals surface area (Å²) in [6.45, 7) is 1.76. The van der Waals surface area contributed by atoms with Crippen LogP contribution in [0.1, 0.15) is 70.5 Å². The van der Waals surface area contributed by atoms with E-state index in [2.05, 4.69) is 21.6 Å². The number of nitrogens with one attached hydrogen (secondary N) is 1. The molecule has 4 aromatic rings. The van der Waals surface area contributed by atoms with E-state index in [4.69, 9.17) is 9.72 Å². The average Bonchev–Trinajstić information content (AvgIpc) is 3.87. The molecule has 1 aliphatic heterocycles. The number of ether oxygens (including phenoxy) is 1. The number of amides is 1. The van der Waals surface area contributed by atoms with Crippen LogP contribution in [-0.4, -0.2) is 45.9 Å². The van der Waals surface area contributed by atoms with Crippen LogP contribution in [0.5, 0.6) is 0 Å². The standard InChI is InChI=1S/C30H31FN6O2/c1-36-16-33-35-29(36)27(19-5-6-19)20-13-24(18-3-4-18)34-26(14-20)37-25-8-7-23(31)21-11-17(15-32-9-10-39-2)12-22(28(21)25)30(37)38/h7-8,11-14,16,18-19,27,32H,3-6,9-10,15H2,1-2H3. The normalized spacial score (nSPS) is 17.4. The van der Waals surface area contributed by atoms with E-state index >= 15 is 4.39 Å². The Hall–Kier alpha value is -3.69. The minimum absolute atomic E-state index is 0.0924. The third kappa shape index (κ3) is 4.30. The van der Waals surface area contributed by atoms with Crippen molar-refractivity contribution in [2.24, 2.45) is 13.0 Å². The number of hydrogen-bond donors (Lipinski definition) is 1. The van der Waals surface area contributed by atoms with E-state index in [1.54, 1.807) is 24.4 Å². The number of anilines is 2. The van der Waals surface area contributed by atoms with Gasteiger partial charge < -0.3 is 14.6 Å². The summed E-state index contributed by atoms with van der Waals surface area (Å²) in [6.07, 6.45) is 6.22. The van der Waals surface area contributed by atoms with Crippen molar-refractivity contribution in [3.63, 3.8) is 0 Å². The summed E-state index contributed by atoms with van der Waals surface area (Å²) in [5.74, 6) is 2.01. The molecule has 0 saturated heterocycles. The molecule has 1 amide bonds. The highest BCUT2D eigenvalue weighted by Gasteiger charge is 2.39. The SMILES string of the molecule is COCCNCc1cc2c3c(ccc(F)c3c1)N(c1cc(C(c3nncn3C)C3CC3)cc(C3CC3)n1)C2=O. The van der Waals surface area contributed by atoms with Crippen LogP contribution in [0.3, 0.4) is 0 Å². The number of carbonyl (C=O) groups excluding carboxylic acids is 1. The lowest BCUT2D eigenvalue weighted by molar-refractivity contribution is 0.100. The van der Waals surface area contributed by atoms with Gasteiger partial charge in [-0.2, -0.15) is 0 Å². The Kier molecular flexibility index (Phi) is 5.93. The topological polar surface area (TPSA) is 85.2 Å². The van der Waals surface area contributed by atoms with Crippen LogP contribution in [0.15, 0.2) is 42.7 Å². The van der Waals surface area contributed by atoms with Crippen LogP contribution in [0.25, 0.3) is 10.8 Å². The summed E-state index contributed by atoms with van der Waals surface area (Å²) in [6, 6.07) is 11.1. The lowest BCUT2D eigenvalue weighted by atomic mass is 9.92. The Bertz CT molecular complexity index is 1590. The quantitative estimate of drug-likeness (QED) is 0.295. The third-order valence-corrected chi connectivity index (χ3v) is 8.14. The molecule has 0 spiro atoms. The van der Waals surface area contributed by atoms with Crippen LogP contribution in [0.4, 0.5) is 15.9 Å². The van der Waals surface area contributed by atoms with Crippen molar-refractivity contribution < 1.29 is 13.9 Å². The van der Waals surface area contributed by atoms with Gasteiger partial charge in [-0.25, -0.2) is 9.37 Å². The van der Waals surface area contributed by atoms with E-state index in [0.29, 0.717) is 59.4 Å². The van der Waals surface area contributed by atoms with Gasteiger partial charge in [0.2, 0.25) is 0 Å². The van der Waals surface area contributed by atoms with Crippen LogP contribution in [0, 0.1) is 11.7 Å². The molecule has 7 rings (SSSR count). The number of nitrogens with zero attached hydrogens (tertiary/aromatic N) is 5. The van der Waals surface area contributed by atoms with Crippen molar-refractivity contribution in [1.82, 2.24) is 25.1 Å². The van der Waals surface area contributed by atoms with E-state index in [1.807, 2.05) is 29.8 Å². The smallest absolute Gasteiger partial charge is 0.264 e. The zero-order valence-electron chi connectivity index (χ0n) is 22.2. The monoisotopic (exact) mass is 526 g/mol. The molecule has 9 heteroatoms. The van der Waals surface area contributed by atoms with Crippen LogP contribution < -0.4 is 10.2 Å². The Labute approximate surface area is 226 Å². The number of aryl methyl sites for hydroxylation is 1. The maximum atomic E-state index is 15.1. The van der Waals surface area contributed by atoms with Gasteiger partial charge >= 0.3 is 0 Å². The first kappa shape index (κ1) is 24.4. The van der Waals surface area contributed by atoms with Crippen LogP contribution in [0.2, 0.25) is 0 Å². The minimum atomic E-state index is -0.333. The number of carbonyl (C=O) groups is 1. The zero-order valence-corrected chi connectivity index (χ0v) is 22.2. The maximum Gasteiger partial charge on any atom is 0.264 e. The summed E-state index contributed by atoms with van der Waals surface area (Å²) in [5.41, 5.74) is 4.18. The van der Waals surface area contributed by atoms with Crippen molar-refractivity contribution in [2.75, 3.05) is 25.2 Å². The molecular weight excluding hydrogens is 495 g/mol. The highest BCUT2D eigenvalue weighted by Crippen LogP contribution is 2.49. The Balaban J connectivity index is 1.32. The van der Waals surface area contributed by atoms with Gasteiger partial charge in [0, 0.05) is 55.5 Å². The molecule has 2 aliphatic carbocycles. The highest BCUT2D eigenvalue weighted by atomic mass is 19.1. The molecule has 1 unspecified atom stereocenters. The van der Waals surface area contributed by atoms with Gasteiger partial charge in [0.05, 0.1) is 17.9 Å². The highest BCUT2D eigenvalue weighted by molar-refractivity contribution is 6.27. The van der Waals surface area contributed by atoms with E-state index in [9.17, 15) is 4.79 Å². The van der Waals surface area contributed by atoms with Crippen molar-refractivity contribution in [3.8, 4) is 0 Å². The fraction of sp³-hybridized carbons (Fsp3) is 0.400. The predicted molar refractivity (Wildman–Crippen MR) is 146 cm³/mol. The van der Waals surface area contributed by atoms with Crippen LogP contribution >= 0.6 is 0 Å². The zero-order chi connectivity index (χ0) is 26.7. The number of rotatable bonds is 10. The molecule has 200 valence electrons. The molecule has 3 heterocycles. The number of hydrogen-bond acceptors (Lipinski definition) is 6. The molecule has 2 saturated carbocycles. The number of halogens is 1. The average molecular weight is 527 g/mol. The molecule has 1 atom stereocenters. The molecule has 0 bridgehead atoms. The number of methoxy groups -OCH3 is 1. The molecule has 0 radical (unpaired) electrons. The number of aromatic nitrogens is 4. The summed E-state index contributed by atoms with van der Waals surface area (Å²) in [5, 5.41) is 13.0. The first-order valence-electron chi connectivity index (χ1n) is 13.7. The van der Waals surface area contributed by atoms with Gasteiger partial charge in [0.1, 0.15) is 23.8 Å². The lowest BCUT2D eigenvalue weighted by Gasteiger charge is -2.22. The van der Waals surface area contributed by atoms with Gasteiger partial charge in [-0.15, -0.1) is 10.2 Å². The van der Waals surface area contributed by atoms with Crippen molar-refractivity contribution >= 4 is 28.2 Å². The Morgan fingerprint density at radius 2 is 2.00 bits per heavy atom. The first-order chi connectivity index (χ1) is 19.0. The van der Waals surface area contributed by atoms with Gasteiger partial charge in [0.25, 0.3) is 5.91 Å². The van der Waals surface area contributed by atoms with E-state index in [0.717, 1.165) is 48.3 Å². The fourth-order valence-corrected chi connectivity index (χ4v) is 5.89. The molecule has 39 heavy (non-hydrogen) atoms. The fourth-order valence-electron chi connectivity index (χ4n) is 5.89. The van der Waals surface area contributed by atoms with Crippen molar-refractivity contribution in [2.45, 2.75) is 44.1 Å². The van der Waals surface area contributed by atoms with Gasteiger partial charge in [-0.1, -0.05) is 0 Å². The summed E-state index contributed by atoms with van der Waals surface area (Å²) in [4.78, 5) is 20.7. The summed E-state index contributed by atoms with van der Waals surface area (Å²) in [7, 11) is 3.63. The molecule has 3 aliphatic rings. The number of benzene rings is 2. The second-order valence-electron chi connectivity index (χ2n) is 11.0. The molecule has 2 aromatic carbocycles. The largest absolute Gasteiger partial charge is 0.383 e. The molecule has 8 nitrogen and oxygen atoms in total. The van der Waals surface area contributed by atoms with E-state index in [-0.39, 0.29) is 17.6 Å². The Morgan fingerprint density at radius 3 is 2.72 bits per heavy atom. The molecule has 2 aromatic heterocycles. The molecule has 1 N–H and O–H groups in total. The predicted octanol–water partition coefficient (Wildman–Crippen LogP) is 4.95. The van der Waals surface area contributed by atoms with Gasteiger partial charge in [-0.3, -0.25) is 9.69 Å². The van der Waals surface area contributed by atoms with Crippen LogP contribution in [-0.2, 0) is 18.3 Å². The Morgan fingerprint density at radius 1 is 1.15 bits per heavy atom. The number of pyridine rings is 1. The van der Waals surface area contributed by atoms with E-state index < -0.39 is 0 Å². The maximum absolute atomic E-state index is 15.1. The molecule has 2 fully saturated rings. The van der Waals surface area contributed by atoms with Gasteiger partial charge in [0.15, 0.2) is 0 Å². The van der Waals surface area contributed by atoms with E-state index in [1.165, 1.54) is 6.07 Å². The molecular formula is C30H31FN6O2. The second kappa shape index (κ2) is 9.50. The summed E-state index contributed by atoms with van der Waals surface area (Å²) < 4.78 is 22.2.